The lowest BCUT2D eigenvalue weighted by Crippen LogP contribution is -2.57. The lowest BCUT2D eigenvalue weighted by atomic mass is 10.1. The summed E-state index contributed by atoms with van der Waals surface area (Å²) in [5.41, 5.74) is 1.28. The van der Waals surface area contributed by atoms with E-state index in [2.05, 4.69) is 4.98 Å². The van der Waals surface area contributed by atoms with Gasteiger partial charge in [0, 0.05) is 31.5 Å². The number of aromatic nitrogens is 1. The number of hydrogen-bond acceptors (Lipinski definition) is 5. The summed E-state index contributed by atoms with van der Waals surface area (Å²) >= 11 is 0. The molecule has 0 saturated carbocycles. The molecular weight excluding hydrogens is 310 g/mol. The van der Waals surface area contributed by atoms with Crippen molar-refractivity contribution in [3.8, 4) is 0 Å². The van der Waals surface area contributed by atoms with Gasteiger partial charge < -0.3 is 14.7 Å². The molecular formula is C17H25N3O4. The van der Waals surface area contributed by atoms with E-state index in [1.54, 1.807) is 27.0 Å². The second-order valence-corrected chi connectivity index (χ2v) is 7.06. The number of nitrogens with zero attached hydrogens (tertiary/aromatic N) is 3. The summed E-state index contributed by atoms with van der Waals surface area (Å²) in [5, 5.41) is 9.53. The van der Waals surface area contributed by atoms with Crippen LogP contribution in [-0.4, -0.2) is 63.2 Å². The molecule has 0 aliphatic carbocycles. The van der Waals surface area contributed by atoms with Gasteiger partial charge in [-0.1, -0.05) is 6.07 Å². The number of carboxylic acids is 1. The van der Waals surface area contributed by atoms with Crippen molar-refractivity contribution in [3.63, 3.8) is 0 Å². The third kappa shape index (κ3) is 4.92. The molecule has 24 heavy (non-hydrogen) atoms. The fourth-order valence-corrected chi connectivity index (χ4v) is 2.56. The van der Waals surface area contributed by atoms with Gasteiger partial charge in [-0.05, 0) is 39.3 Å². The van der Waals surface area contributed by atoms with E-state index in [0.717, 1.165) is 11.3 Å². The van der Waals surface area contributed by atoms with Crippen molar-refractivity contribution in [1.29, 1.82) is 0 Å². The van der Waals surface area contributed by atoms with Crippen molar-refractivity contribution in [2.24, 2.45) is 0 Å². The molecule has 132 valence electrons. The molecule has 2 rings (SSSR count). The highest BCUT2D eigenvalue weighted by Crippen LogP contribution is 2.17. The minimum atomic E-state index is -0.941. The molecule has 1 aromatic rings. The maximum Gasteiger partial charge on any atom is 0.410 e. The molecule has 0 radical (unpaired) electrons. The fourth-order valence-electron chi connectivity index (χ4n) is 2.56. The van der Waals surface area contributed by atoms with Crippen LogP contribution >= 0.6 is 0 Å². The van der Waals surface area contributed by atoms with Gasteiger partial charge >= 0.3 is 12.1 Å². The van der Waals surface area contributed by atoms with E-state index < -0.39 is 23.7 Å². The van der Waals surface area contributed by atoms with Gasteiger partial charge in [0.1, 0.15) is 11.6 Å². The molecule has 1 saturated heterocycles. The third-order valence-electron chi connectivity index (χ3n) is 3.79. The number of piperazine rings is 1. The number of aliphatic carboxylic acids is 1. The Balaban J connectivity index is 2.04. The lowest BCUT2D eigenvalue weighted by Gasteiger charge is -2.39. The minimum Gasteiger partial charge on any atom is -0.480 e. The van der Waals surface area contributed by atoms with E-state index in [1.807, 2.05) is 24.0 Å². The summed E-state index contributed by atoms with van der Waals surface area (Å²) in [6.07, 6.45) is 1.29. The number of aryl methyl sites for hydroxylation is 1. The number of ether oxygens (including phenoxy) is 1. The maximum atomic E-state index is 12.2. The molecule has 1 aliphatic rings. The highest BCUT2D eigenvalue weighted by molar-refractivity contribution is 5.76. The molecule has 0 spiro atoms. The molecule has 1 atom stereocenters. The van der Waals surface area contributed by atoms with Gasteiger partial charge in [0.25, 0.3) is 0 Å². The second kappa shape index (κ2) is 7.17. The van der Waals surface area contributed by atoms with Crippen molar-refractivity contribution in [2.45, 2.75) is 45.9 Å². The monoisotopic (exact) mass is 335 g/mol. The van der Waals surface area contributed by atoms with Crippen molar-refractivity contribution in [1.82, 2.24) is 14.8 Å². The van der Waals surface area contributed by atoms with Crippen molar-refractivity contribution in [2.75, 3.05) is 19.6 Å². The Morgan fingerprint density at radius 1 is 1.33 bits per heavy atom. The molecule has 1 aliphatic heterocycles. The van der Waals surface area contributed by atoms with Gasteiger partial charge in [0.15, 0.2) is 0 Å². The van der Waals surface area contributed by atoms with Crippen molar-refractivity contribution in [3.05, 3.63) is 29.6 Å². The summed E-state index contributed by atoms with van der Waals surface area (Å²) in [6.45, 7) is 8.81. The predicted molar refractivity (Wildman–Crippen MR) is 88.6 cm³/mol. The fraction of sp³-hybridized carbons (Fsp3) is 0.588. The van der Waals surface area contributed by atoms with Gasteiger partial charge in [0.2, 0.25) is 0 Å². The summed E-state index contributed by atoms with van der Waals surface area (Å²) in [6, 6.07) is 3.09. The average molecular weight is 335 g/mol. The first kappa shape index (κ1) is 18.2. The largest absolute Gasteiger partial charge is 0.480 e. The standard InChI is InChI=1S/C17H25N3O4/c1-12-5-6-13(9-18-12)10-19-7-8-20(11-14(19)15(21)22)16(23)24-17(2,3)4/h5-6,9,14H,7-8,10-11H2,1-4H3,(H,21,22)/t14-/m0/s1. The van der Waals surface area contributed by atoms with Crippen LogP contribution in [0.15, 0.2) is 18.3 Å². The number of hydrogen-bond donors (Lipinski definition) is 1. The zero-order valence-corrected chi connectivity index (χ0v) is 14.7. The van der Waals surface area contributed by atoms with Crippen LogP contribution < -0.4 is 0 Å². The topological polar surface area (TPSA) is 83.0 Å². The SMILES string of the molecule is Cc1ccc(CN2CCN(C(=O)OC(C)(C)C)C[C@H]2C(=O)O)cn1. The van der Waals surface area contributed by atoms with E-state index in [-0.39, 0.29) is 6.54 Å². The molecule has 1 fully saturated rings. The number of carboxylic acid groups (broad SMARTS) is 1. The predicted octanol–water partition coefficient (Wildman–Crippen LogP) is 1.90. The van der Waals surface area contributed by atoms with Crippen LogP contribution in [0.25, 0.3) is 0 Å². The minimum absolute atomic E-state index is 0.115. The average Bonchev–Trinajstić information content (AvgIpc) is 2.48. The Labute approximate surface area is 142 Å². The van der Waals surface area contributed by atoms with Crippen molar-refractivity contribution >= 4 is 12.1 Å². The van der Waals surface area contributed by atoms with Crippen LogP contribution in [0.1, 0.15) is 32.0 Å². The van der Waals surface area contributed by atoms with Gasteiger partial charge in [-0.2, -0.15) is 0 Å². The normalized spacial score (nSPS) is 19.2. The van der Waals surface area contributed by atoms with Crippen LogP contribution in [0.5, 0.6) is 0 Å². The molecule has 7 heteroatoms. The highest BCUT2D eigenvalue weighted by atomic mass is 16.6. The molecule has 0 aromatic carbocycles. The van der Waals surface area contributed by atoms with E-state index in [9.17, 15) is 14.7 Å². The zero-order valence-electron chi connectivity index (χ0n) is 14.7. The first-order chi connectivity index (χ1) is 11.2. The first-order valence-electron chi connectivity index (χ1n) is 8.02. The number of rotatable bonds is 3. The van der Waals surface area contributed by atoms with Crippen LogP contribution in [0.3, 0.4) is 0 Å². The maximum absolute atomic E-state index is 12.2. The molecule has 2 heterocycles. The van der Waals surface area contributed by atoms with Crippen LogP contribution in [0.4, 0.5) is 4.79 Å². The second-order valence-electron chi connectivity index (χ2n) is 7.06. The van der Waals surface area contributed by atoms with Crippen LogP contribution in [0.2, 0.25) is 0 Å². The summed E-state index contributed by atoms with van der Waals surface area (Å²) in [5.74, 6) is -0.941. The third-order valence-corrected chi connectivity index (χ3v) is 3.79. The van der Waals surface area contributed by atoms with Gasteiger partial charge in [-0.3, -0.25) is 14.7 Å². The molecule has 1 amide bonds. The summed E-state index contributed by atoms with van der Waals surface area (Å²) < 4.78 is 5.34. The summed E-state index contributed by atoms with van der Waals surface area (Å²) in [7, 11) is 0. The Hall–Kier alpha value is -2.15. The molecule has 0 bridgehead atoms. The van der Waals surface area contributed by atoms with Gasteiger partial charge in [-0.15, -0.1) is 0 Å². The Morgan fingerprint density at radius 3 is 2.58 bits per heavy atom. The highest BCUT2D eigenvalue weighted by Gasteiger charge is 2.35. The Bertz CT molecular complexity index is 595. The first-order valence-corrected chi connectivity index (χ1v) is 8.02. The van der Waals surface area contributed by atoms with Crippen molar-refractivity contribution < 1.29 is 19.4 Å². The van der Waals surface area contributed by atoms with E-state index in [1.165, 1.54) is 4.90 Å². The smallest absolute Gasteiger partial charge is 0.410 e. The number of carbonyl (C=O) groups excluding carboxylic acids is 1. The molecule has 1 N–H and O–H groups in total. The molecule has 7 nitrogen and oxygen atoms in total. The van der Waals surface area contributed by atoms with Gasteiger partial charge in [0.05, 0.1) is 6.54 Å². The quantitative estimate of drug-likeness (QED) is 0.908. The zero-order chi connectivity index (χ0) is 17.9. The Kier molecular flexibility index (Phi) is 5.43. The van der Waals surface area contributed by atoms with E-state index >= 15 is 0 Å². The molecule has 0 unspecified atom stereocenters. The number of carbonyl (C=O) groups is 2. The molecule has 1 aromatic heterocycles. The summed E-state index contributed by atoms with van der Waals surface area (Å²) in [4.78, 5) is 31.4. The Morgan fingerprint density at radius 2 is 2.04 bits per heavy atom. The number of pyridine rings is 1. The van der Waals surface area contributed by atoms with E-state index in [0.29, 0.717) is 19.6 Å². The lowest BCUT2D eigenvalue weighted by molar-refractivity contribution is -0.145. The van der Waals surface area contributed by atoms with Crippen LogP contribution in [0, 0.1) is 6.92 Å². The van der Waals surface area contributed by atoms with Gasteiger partial charge in [-0.25, -0.2) is 4.79 Å². The van der Waals surface area contributed by atoms with Crippen LogP contribution in [-0.2, 0) is 16.1 Å². The van der Waals surface area contributed by atoms with E-state index in [4.69, 9.17) is 4.74 Å². The number of amides is 1.